The highest BCUT2D eigenvalue weighted by atomic mass is 32.2. The summed E-state index contributed by atoms with van der Waals surface area (Å²) in [5, 5.41) is 7.32. The van der Waals surface area contributed by atoms with E-state index in [4.69, 9.17) is 0 Å². The second kappa shape index (κ2) is 7.88. The van der Waals surface area contributed by atoms with Crippen molar-refractivity contribution in [1.29, 1.82) is 0 Å². The molecule has 0 unspecified atom stereocenters. The molecule has 0 saturated heterocycles. The molecule has 0 atom stereocenters. The lowest BCUT2D eigenvalue weighted by molar-refractivity contribution is 0.515. The van der Waals surface area contributed by atoms with Crippen LogP contribution < -0.4 is 10.0 Å². The van der Waals surface area contributed by atoms with Crippen LogP contribution in [0.4, 0.5) is 0 Å². The molecule has 0 spiro atoms. The van der Waals surface area contributed by atoms with E-state index in [1.54, 1.807) is 22.6 Å². The van der Waals surface area contributed by atoms with Crippen molar-refractivity contribution in [3.05, 3.63) is 12.4 Å². The number of rotatable bonds is 9. The van der Waals surface area contributed by atoms with Crippen molar-refractivity contribution in [2.75, 3.05) is 25.1 Å². The van der Waals surface area contributed by atoms with Crippen molar-refractivity contribution >= 4 is 21.8 Å². The van der Waals surface area contributed by atoms with Gasteiger partial charge in [0, 0.05) is 31.1 Å². The van der Waals surface area contributed by atoms with Gasteiger partial charge in [0.25, 0.3) is 0 Å². The third-order valence-electron chi connectivity index (χ3n) is 2.41. The van der Waals surface area contributed by atoms with E-state index in [0.717, 1.165) is 12.3 Å². The highest BCUT2D eigenvalue weighted by Crippen LogP contribution is 2.06. The highest BCUT2D eigenvalue weighted by molar-refractivity contribution is 7.98. The molecule has 0 radical (unpaired) electrons. The first kappa shape index (κ1) is 16.5. The monoisotopic (exact) mass is 306 g/mol. The third kappa shape index (κ3) is 5.94. The summed E-state index contributed by atoms with van der Waals surface area (Å²) in [6.07, 6.45) is 4.88. The van der Waals surface area contributed by atoms with Crippen LogP contribution in [0.25, 0.3) is 0 Å². The van der Waals surface area contributed by atoms with Gasteiger partial charge in [-0.25, -0.2) is 13.1 Å². The zero-order valence-electron chi connectivity index (χ0n) is 11.6. The molecular weight excluding hydrogens is 284 g/mol. The van der Waals surface area contributed by atoms with Gasteiger partial charge in [-0.2, -0.15) is 16.9 Å². The molecule has 19 heavy (non-hydrogen) atoms. The molecule has 2 N–H and O–H groups in total. The molecule has 0 saturated carbocycles. The van der Waals surface area contributed by atoms with Crippen LogP contribution in [0, 0.1) is 0 Å². The smallest absolute Gasteiger partial charge is 0.243 e. The van der Waals surface area contributed by atoms with Crippen molar-refractivity contribution in [2.24, 2.45) is 0 Å². The summed E-state index contributed by atoms with van der Waals surface area (Å²) in [5.41, 5.74) is 0. The molecular formula is C11H22N4O2S2. The van der Waals surface area contributed by atoms with Gasteiger partial charge >= 0.3 is 0 Å². The van der Waals surface area contributed by atoms with E-state index < -0.39 is 10.0 Å². The summed E-state index contributed by atoms with van der Waals surface area (Å²) < 4.78 is 28.0. The first-order valence-electron chi connectivity index (χ1n) is 6.20. The molecule has 8 heteroatoms. The van der Waals surface area contributed by atoms with Crippen LogP contribution in [0.3, 0.4) is 0 Å². The van der Waals surface area contributed by atoms with Gasteiger partial charge < -0.3 is 5.32 Å². The number of hydrogen-bond donors (Lipinski definition) is 2. The van der Waals surface area contributed by atoms with E-state index in [-0.39, 0.29) is 4.90 Å². The largest absolute Gasteiger partial charge is 0.313 e. The second-order valence-electron chi connectivity index (χ2n) is 4.44. The summed E-state index contributed by atoms with van der Waals surface area (Å²) in [7, 11) is -3.42. The average Bonchev–Trinajstić information content (AvgIpc) is 2.78. The van der Waals surface area contributed by atoms with E-state index in [0.29, 0.717) is 19.1 Å². The Bertz CT molecular complexity index is 471. The number of hydrogen-bond acceptors (Lipinski definition) is 5. The highest BCUT2D eigenvalue weighted by Gasteiger charge is 2.15. The Morgan fingerprint density at radius 2 is 2.16 bits per heavy atom. The number of sulfonamides is 1. The van der Waals surface area contributed by atoms with E-state index >= 15 is 0 Å². The fraction of sp³-hybridized carbons (Fsp3) is 0.727. The lowest BCUT2D eigenvalue weighted by Gasteiger charge is -2.07. The summed E-state index contributed by atoms with van der Waals surface area (Å²) in [4.78, 5) is 0.221. The van der Waals surface area contributed by atoms with Gasteiger partial charge in [-0.05, 0) is 6.26 Å². The fourth-order valence-corrected chi connectivity index (χ4v) is 2.85. The molecule has 1 heterocycles. The molecule has 0 amide bonds. The van der Waals surface area contributed by atoms with Crippen molar-refractivity contribution < 1.29 is 8.42 Å². The molecule has 1 aromatic rings. The Morgan fingerprint density at radius 3 is 2.79 bits per heavy atom. The molecule has 0 aliphatic rings. The number of nitrogens with zero attached hydrogens (tertiary/aromatic N) is 2. The van der Waals surface area contributed by atoms with Crippen molar-refractivity contribution in [3.63, 3.8) is 0 Å². The Labute approximate surface area is 119 Å². The zero-order chi connectivity index (χ0) is 14.3. The van der Waals surface area contributed by atoms with E-state index in [9.17, 15) is 8.42 Å². The number of aromatic nitrogens is 2. The minimum absolute atomic E-state index is 0.221. The van der Waals surface area contributed by atoms with Crippen LogP contribution in [0.15, 0.2) is 17.3 Å². The first-order valence-corrected chi connectivity index (χ1v) is 9.08. The second-order valence-corrected chi connectivity index (χ2v) is 7.19. The molecule has 1 rings (SSSR count). The first-order chi connectivity index (χ1) is 8.95. The maximum absolute atomic E-state index is 11.9. The minimum Gasteiger partial charge on any atom is -0.313 e. The molecule has 0 bridgehead atoms. The number of nitrogens with one attached hydrogen (secondary N) is 2. The molecule has 1 aromatic heterocycles. The summed E-state index contributed by atoms with van der Waals surface area (Å²) in [6, 6.07) is 0.409. The van der Waals surface area contributed by atoms with E-state index in [1.807, 2.05) is 6.26 Å². The van der Waals surface area contributed by atoms with Crippen molar-refractivity contribution in [1.82, 2.24) is 19.8 Å². The molecule has 110 valence electrons. The third-order valence-corrected chi connectivity index (χ3v) is 4.44. The van der Waals surface area contributed by atoms with Crippen LogP contribution >= 0.6 is 11.8 Å². The quantitative estimate of drug-likeness (QED) is 0.651. The van der Waals surface area contributed by atoms with E-state index in [1.165, 1.54) is 6.20 Å². The Kier molecular flexibility index (Phi) is 6.84. The fourth-order valence-electron chi connectivity index (χ4n) is 1.43. The molecule has 0 aliphatic carbocycles. The molecule has 0 aromatic carbocycles. The van der Waals surface area contributed by atoms with E-state index in [2.05, 4.69) is 29.0 Å². The van der Waals surface area contributed by atoms with Gasteiger partial charge in [-0.3, -0.25) is 4.68 Å². The zero-order valence-corrected chi connectivity index (χ0v) is 13.2. The Morgan fingerprint density at radius 1 is 1.42 bits per heavy atom. The Hall–Kier alpha value is -0.570. The predicted molar refractivity (Wildman–Crippen MR) is 78.9 cm³/mol. The van der Waals surface area contributed by atoms with Crippen molar-refractivity contribution in [2.45, 2.75) is 31.3 Å². The van der Waals surface area contributed by atoms with Gasteiger partial charge in [-0.1, -0.05) is 13.8 Å². The van der Waals surface area contributed by atoms with Gasteiger partial charge in [0.05, 0.1) is 12.7 Å². The molecule has 0 fully saturated rings. The topological polar surface area (TPSA) is 76.0 Å². The van der Waals surface area contributed by atoms with Crippen molar-refractivity contribution in [3.8, 4) is 0 Å². The summed E-state index contributed by atoms with van der Waals surface area (Å²) in [6.45, 7) is 5.98. The van der Waals surface area contributed by atoms with Crippen LogP contribution in [-0.4, -0.2) is 49.3 Å². The van der Waals surface area contributed by atoms with Crippen LogP contribution in [-0.2, 0) is 16.6 Å². The van der Waals surface area contributed by atoms with Gasteiger partial charge in [0.2, 0.25) is 10.0 Å². The van der Waals surface area contributed by atoms with Gasteiger partial charge in [-0.15, -0.1) is 0 Å². The SMILES string of the molecule is CSCCNS(=O)(=O)c1cnn(CCNC(C)C)c1. The van der Waals surface area contributed by atoms with Crippen LogP contribution in [0.1, 0.15) is 13.8 Å². The number of thioether (sulfide) groups is 1. The minimum atomic E-state index is -3.42. The summed E-state index contributed by atoms with van der Waals surface area (Å²) >= 11 is 1.60. The van der Waals surface area contributed by atoms with Crippen LogP contribution in [0.5, 0.6) is 0 Å². The maximum atomic E-state index is 11.9. The Balaban J connectivity index is 2.53. The van der Waals surface area contributed by atoms with Crippen LogP contribution in [0.2, 0.25) is 0 Å². The normalized spacial score (nSPS) is 12.2. The molecule has 6 nitrogen and oxygen atoms in total. The van der Waals surface area contributed by atoms with Gasteiger partial charge in [0.1, 0.15) is 4.90 Å². The average molecular weight is 306 g/mol. The predicted octanol–water partition coefficient (Wildman–Crippen LogP) is 0.522. The maximum Gasteiger partial charge on any atom is 0.243 e. The molecule has 0 aliphatic heterocycles. The standard InChI is InChI=1S/C11H22N4O2S2/c1-10(2)12-4-6-15-9-11(8-13-15)19(16,17)14-5-7-18-3/h8-10,12,14H,4-7H2,1-3H3. The lowest BCUT2D eigenvalue weighted by Crippen LogP contribution is -2.27. The van der Waals surface area contributed by atoms with Gasteiger partial charge in [0.15, 0.2) is 0 Å². The lowest BCUT2D eigenvalue weighted by atomic mass is 10.4. The summed E-state index contributed by atoms with van der Waals surface area (Å²) in [5.74, 6) is 0.756.